The smallest absolute Gasteiger partial charge is 0.250 e. The molecule has 1 saturated heterocycles. The van der Waals surface area contributed by atoms with Gasteiger partial charge in [0.15, 0.2) is 0 Å². The summed E-state index contributed by atoms with van der Waals surface area (Å²) in [4.78, 5) is 13.6. The Morgan fingerprint density at radius 3 is 2.84 bits per heavy atom. The highest BCUT2D eigenvalue weighted by Crippen LogP contribution is 2.21. The van der Waals surface area contributed by atoms with Crippen LogP contribution in [0.25, 0.3) is 0 Å². The van der Waals surface area contributed by atoms with Crippen LogP contribution in [0.15, 0.2) is 29.2 Å². The van der Waals surface area contributed by atoms with Crippen LogP contribution in [0.3, 0.4) is 0 Å². The number of aliphatic hydroxyl groups is 1. The van der Waals surface area contributed by atoms with E-state index >= 15 is 0 Å². The van der Waals surface area contributed by atoms with Crippen LogP contribution in [0.5, 0.6) is 0 Å². The standard InChI is InChI=1S/C14H22N2O3/c1-15(12-14(18)5-10-19-11-6-14)8-9-16-7-3-2-4-13(16)17/h2-4,7,18H,5-6,8-12H2,1H3. The average Bonchev–Trinajstić information content (AvgIpc) is 2.38. The Labute approximate surface area is 113 Å². The fourth-order valence-electron chi connectivity index (χ4n) is 2.41. The second kappa shape index (κ2) is 6.32. The lowest BCUT2D eigenvalue weighted by Gasteiger charge is -2.35. The van der Waals surface area contributed by atoms with E-state index < -0.39 is 5.60 Å². The molecule has 1 aliphatic heterocycles. The van der Waals surface area contributed by atoms with Crippen molar-refractivity contribution < 1.29 is 9.84 Å². The molecule has 0 aliphatic carbocycles. The highest BCUT2D eigenvalue weighted by Gasteiger charge is 2.30. The maximum atomic E-state index is 11.6. The topological polar surface area (TPSA) is 54.7 Å². The first-order valence-corrected chi connectivity index (χ1v) is 6.73. The van der Waals surface area contributed by atoms with Gasteiger partial charge >= 0.3 is 0 Å². The highest BCUT2D eigenvalue weighted by molar-refractivity contribution is 4.93. The van der Waals surface area contributed by atoms with Gasteiger partial charge in [0.05, 0.1) is 5.60 Å². The quantitative estimate of drug-likeness (QED) is 0.834. The lowest BCUT2D eigenvalue weighted by molar-refractivity contribution is -0.0770. The fraction of sp³-hybridized carbons (Fsp3) is 0.643. The monoisotopic (exact) mass is 266 g/mol. The third kappa shape index (κ3) is 4.16. The number of nitrogens with zero attached hydrogens (tertiary/aromatic N) is 2. The first-order chi connectivity index (χ1) is 9.09. The van der Waals surface area contributed by atoms with E-state index in [1.54, 1.807) is 22.9 Å². The molecule has 0 amide bonds. The van der Waals surface area contributed by atoms with E-state index in [1.807, 2.05) is 13.1 Å². The number of hydrogen-bond acceptors (Lipinski definition) is 4. The Balaban J connectivity index is 1.83. The van der Waals surface area contributed by atoms with Crippen LogP contribution in [0.2, 0.25) is 0 Å². The minimum absolute atomic E-state index is 0.0145. The second-order valence-corrected chi connectivity index (χ2v) is 5.31. The number of rotatable bonds is 5. The van der Waals surface area contributed by atoms with Crippen LogP contribution >= 0.6 is 0 Å². The SMILES string of the molecule is CN(CCn1ccccc1=O)CC1(O)CCOCC1. The molecule has 0 atom stereocenters. The van der Waals surface area contributed by atoms with Gasteiger partial charge in [-0.2, -0.15) is 0 Å². The van der Waals surface area contributed by atoms with Crippen molar-refractivity contribution in [3.05, 3.63) is 34.7 Å². The zero-order valence-corrected chi connectivity index (χ0v) is 11.4. The van der Waals surface area contributed by atoms with Gasteiger partial charge in [-0.3, -0.25) is 4.79 Å². The predicted molar refractivity (Wildman–Crippen MR) is 73.2 cm³/mol. The molecular formula is C14H22N2O3. The maximum Gasteiger partial charge on any atom is 0.250 e. The predicted octanol–water partition coefficient (Wildman–Crippen LogP) is 0.322. The van der Waals surface area contributed by atoms with Crippen molar-refractivity contribution in [2.75, 3.05) is 33.4 Å². The summed E-state index contributed by atoms with van der Waals surface area (Å²) in [6, 6.07) is 5.16. The van der Waals surface area contributed by atoms with Crippen molar-refractivity contribution in [2.45, 2.75) is 25.0 Å². The molecule has 5 heteroatoms. The fourth-order valence-corrected chi connectivity index (χ4v) is 2.41. The molecule has 1 N–H and O–H groups in total. The molecule has 1 aromatic rings. The first kappa shape index (κ1) is 14.2. The van der Waals surface area contributed by atoms with Gasteiger partial charge in [-0.15, -0.1) is 0 Å². The largest absolute Gasteiger partial charge is 0.388 e. The molecule has 0 saturated carbocycles. The van der Waals surface area contributed by atoms with Crippen molar-refractivity contribution in [2.24, 2.45) is 0 Å². The minimum atomic E-state index is -0.644. The Morgan fingerprint density at radius 2 is 2.16 bits per heavy atom. The van der Waals surface area contributed by atoms with Gasteiger partial charge in [-0.25, -0.2) is 0 Å². The lowest BCUT2D eigenvalue weighted by Crippen LogP contribution is -2.46. The summed E-state index contributed by atoms with van der Waals surface area (Å²) in [5.74, 6) is 0. The molecule has 106 valence electrons. The second-order valence-electron chi connectivity index (χ2n) is 5.31. The van der Waals surface area contributed by atoms with Crippen LogP contribution in [-0.2, 0) is 11.3 Å². The van der Waals surface area contributed by atoms with E-state index in [-0.39, 0.29) is 5.56 Å². The van der Waals surface area contributed by atoms with E-state index in [4.69, 9.17) is 4.74 Å². The zero-order valence-electron chi connectivity index (χ0n) is 11.4. The van der Waals surface area contributed by atoms with Gasteiger partial charge in [0.1, 0.15) is 0 Å². The molecule has 1 aromatic heterocycles. The summed E-state index contributed by atoms with van der Waals surface area (Å²) in [5.41, 5.74) is -0.630. The molecule has 0 radical (unpaired) electrons. The third-order valence-electron chi connectivity index (χ3n) is 3.61. The van der Waals surface area contributed by atoms with Gasteiger partial charge in [0, 0.05) is 58.0 Å². The van der Waals surface area contributed by atoms with Crippen molar-refractivity contribution >= 4 is 0 Å². The summed E-state index contributed by atoms with van der Waals surface area (Å²) < 4.78 is 6.95. The molecule has 0 spiro atoms. The van der Waals surface area contributed by atoms with E-state index in [2.05, 4.69) is 4.90 Å². The minimum Gasteiger partial charge on any atom is -0.388 e. The third-order valence-corrected chi connectivity index (χ3v) is 3.61. The molecule has 0 bridgehead atoms. The number of aromatic nitrogens is 1. The van der Waals surface area contributed by atoms with Crippen molar-refractivity contribution in [1.82, 2.24) is 9.47 Å². The normalized spacial score (nSPS) is 18.7. The van der Waals surface area contributed by atoms with E-state index in [0.717, 1.165) is 6.54 Å². The molecule has 0 aromatic carbocycles. The van der Waals surface area contributed by atoms with E-state index in [9.17, 15) is 9.90 Å². The number of likely N-dealkylation sites (N-methyl/N-ethyl adjacent to an activating group) is 1. The zero-order chi connectivity index (χ0) is 13.7. The Kier molecular flexibility index (Phi) is 4.74. The van der Waals surface area contributed by atoms with Gasteiger partial charge in [-0.1, -0.05) is 6.07 Å². The summed E-state index contributed by atoms with van der Waals surface area (Å²) >= 11 is 0. The number of pyridine rings is 1. The Hall–Kier alpha value is -1.17. The molecule has 1 aliphatic rings. The van der Waals surface area contributed by atoms with Crippen molar-refractivity contribution in [1.29, 1.82) is 0 Å². The van der Waals surface area contributed by atoms with Crippen LogP contribution in [0.1, 0.15) is 12.8 Å². The van der Waals surface area contributed by atoms with Crippen LogP contribution in [0.4, 0.5) is 0 Å². The number of ether oxygens (including phenoxy) is 1. The number of hydrogen-bond donors (Lipinski definition) is 1. The van der Waals surface area contributed by atoms with Crippen molar-refractivity contribution in [3.8, 4) is 0 Å². The van der Waals surface area contributed by atoms with Crippen LogP contribution in [0, 0.1) is 0 Å². The molecule has 1 fully saturated rings. The summed E-state index contributed by atoms with van der Waals surface area (Å²) in [5, 5.41) is 10.4. The maximum absolute atomic E-state index is 11.6. The summed E-state index contributed by atoms with van der Waals surface area (Å²) in [7, 11) is 1.97. The molecule has 2 rings (SSSR count). The van der Waals surface area contributed by atoms with Gasteiger partial charge in [-0.05, 0) is 13.1 Å². The Morgan fingerprint density at radius 1 is 1.42 bits per heavy atom. The molecular weight excluding hydrogens is 244 g/mol. The Bertz CT molecular complexity index is 452. The summed E-state index contributed by atoms with van der Waals surface area (Å²) in [6.07, 6.45) is 3.16. The molecule has 5 nitrogen and oxygen atoms in total. The molecule has 0 unspecified atom stereocenters. The van der Waals surface area contributed by atoms with E-state index in [0.29, 0.717) is 39.1 Å². The van der Waals surface area contributed by atoms with Gasteiger partial charge in [0.25, 0.3) is 5.56 Å². The van der Waals surface area contributed by atoms with Gasteiger partial charge < -0.3 is 19.3 Å². The first-order valence-electron chi connectivity index (χ1n) is 6.73. The molecule has 19 heavy (non-hydrogen) atoms. The highest BCUT2D eigenvalue weighted by atomic mass is 16.5. The van der Waals surface area contributed by atoms with Crippen LogP contribution in [-0.4, -0.2) is 53.5 Å². The van der Waals surface area contributed by atoms with Gasteiger partial charge in [0.2, 0.25) is 0 Å². The lowest BCUT2D eigenvalue weighted by atomic mass is 9.94. The summed E-state index contributed by atoms with van der Waals surface area (Å²) in [6.45, 7) is 3.26. The average molecular weight is 266 g/mol. The molecule has 2 heterocycles. The van der Waals surface area contributed by atoms with Crippen molar-refractivity contribution in [3.63, 3.8) is 0 Å². The van der Waals surface area contributed by atoms with E-state index in [1.165, 1.54) is 0 Å². The van der Waals surface area contributed by atoms with Crippen LogP contribution < -0.4 is 5.56 Å².